The van der Waals surface area contributed by atoms with Crippen molar-refractivity contribution in [3.63, 3.8) is 0 Å². The first-order valence-electron chi connectivity index (χ1n) is 5.73. The number of ether oxygens (including phenoxy) is 1. The highest BCUT2D eigenvalue weighted by Crippen LogP contribution is 2.22. The smallest absolute Gasteiger partial charge is 0.255 e. The maximum Gasteiger partial charge on any atom is 0.255 e. The summed E-state index contributed by atoms with van der Waals surface area (Å²) in [6.07, 6.45) is 1.44. The van der Waals surface area contributed by atoms with Crippen LogP contribution in [0.4, 0.5) is 0 Å². The Labute approximate surface area is 116 Å². The van der Waals surface area contributed by atoms with E-state index < -0.39 is 0 Å². The van der Waals surface area contributed by atoms with Gasteiger partial charge in [0.2, 0.25) is 0 Å². The van der Waals surface area contributed by atoms with Crippen molar-refractivity contribution in [2.45, 2.75) is 26.1 Å². The molecule has 0 bridgehead atoms. The quantitative estimate of drug-likeness (QED) is 0.746. The molecule has 0 spiro atoms. The fourth-order valence-electron chi connectivity index (χ4n) is 2.09. The van der Waals surface area contributed by atoms with Crippen LogP contribution in [-0.4, -0.2) is 41.1 Å². The molecule has 1 amide bonds. The predicted octanol–water partition coefficient (Wildman–Crippen LogP) is 2.64. The van der Waals surface area contributed by atoms with Crippen molar-refractivity contribution < 1.29 is 9.53 Å². The minimum Gasteiger partial charge on any atom is -0.372 e. The Balaban J connectivity index is 2.22. The van der Waals surface area contributed by atoms with Crippen molar-refractivity contribution in [3.8, 4) is 0 Å². The molecule has 2 atom stereocenters. The lowest BCUT2D eigenvalue weighted by atomic mass is 10.2. The number of nitrogens with zero attached hydrogens (tertiary/aromatic N) is 2. The lowest BCUT2D eigenvalue weighted by Crippen LogP contribution is -2.48. The maximum atomic E-state index is 12.4. The van der Waals surface area contributed by atoms with Gasteiger partial charge in [0.25, 0.3) is 5.91 Å². The van der Waals surface area contributed by atoms with Crippen LogP contribution in [0.1, 0.15) is 24.2 Å². The molecule has 1 fully saturated rings. The van der Waals surface area contributed by atoms with Crippen molar-refractivity contribution in [2.75, 3.05) is 13.1 Å². The second kappa shape index (κ2) is 5.43. The number of pyridine rings is 1. The molecule has 2 unspecified atom stereocenters. The lowest BCUT2D eigenvalue weighted by Gasteiger charge is -2.35. The van der Waals surface area contributed by atoms with E-state index in [-0.39, 0.29) is 23.3 Å². The summed E-state index contributed by atoms with van der Waals surface area (Å²) in [5.74, 6) is -0.133. The van der Waals surface area contributed by atoms with Gasteiger partial charge in [-0.25, -0.2) is 4.98 Å². The zero-order valence-corrected chi connectivity index (χ0v) is 11.7. The van der Waals surface area contributed by atoms with Crippen LogP contribution in [0.3, 0.4) is 0 Å². The van der Waals surface area contributed by atoms with Gasteiger partial charge in [-0.15, -0.1) is 0 Å². The molecular weight excluding hydrogens is 275 g/mol. The number of aromatic nitrogens is 1. The average molecular weight is 289 g/mol. The van der Waals surface area contributed by atoms with Gasteiger partial charge < -0.3 is 9.64 Å². The molecule has 1 aromatic rings. The van der Waals surface area contributed by atoms with Crippen LogP contribution in [0.25, 0.3) is 0 Å². The summed E-state index contributed by atoms with van der Waals surface area (Å²) in [7, 11) is 0. The average Bonchev–Trinajstić information content (AvgIpc) is 2.30. The SMILES string of the molecule is CC1CN(C(=O)c2cc(Cl)ncc2Cl)CC(C)O1. The molecule has 0 N–H and O–H groups in total. The van der Waals surface area contributed by atoms with Crippen LogP contribution in [-0.2, 0) is 4.74 Å². The van der Waals surface area contributed by atoms with Gasteiger partial charge in [-0.3, -0.25) is 4.79 Å². The number of carbonyl (C=O) groups is 1. The number of hydrogen-bond donors (Lipinski definition) is 0. The summed E-state index contributed by atoms with van der Waals surface area (Å²) in [4.78, 5) is 17.9. The van der Waals surface area contributed by atoms with Crippen molar-refractivity contribution >= 4 is 29.1 Å². The van der Waals surface area contributed by atoms with Gasteiger partial charge in [-0.1, -0.05) is 23.2 Å². The third-order valence-electron chi connectivity index (χ3n) is 2.76. The largest absolute Gasteiger partial charge is 0.372 e. The van der Waals surface area contributed by atoms with Crippen LogP contribution in [0.5, 0.6) is 0 Å². The molecular formula is C12H14Cl2N2O2. The minimum absolute atomic E-state index is 0.0220. The van der Waals surface area contributed by atoms with Crippen LogP contribution >= 0.6 is 23.2 Å². The summed E-state index contributed by atoms with van der Waals surface area (Å²) >= 11 is 11.8. The predicted molar refractivity (Wildman–Crippen MR) is 70.2 cm³/mol. The third kappa shape index (κ3) is 2.94. The van der Waals surface area contributed by atoms with Gasteiger partial charge >= 0.3 is 0 Å². The summed E-state index contributed by atoms with van der Waals surface area (Å²) in [6.45, 7) is 4.99. The van der Waals surface area contributed by atoms with Crippen molar-refractivity contribution in [2.24, 2.45) is 0 Å². The van der Waals surface area contributed by atoms with E-state index in [4.69, 9.17) is 27.9 Å². The molecule has 1 aromatic heterocycles. The van der Waals surface area contributed by atoms with Gasteiger partial charge in [0.1, 0.15) is 5.15 Å². The zero-order valence-electron chi connectivity index (χ0n) is 10.2. The molecule has 0 radical (unpaired) electrons. The highest BCUT2D eigenvalue weighted by atomic mass is 35.5. The van der Waals surface area contributed by atoms with Gasteiger partial charge in [0.05, 0.1) is 22.8 Å². The van der Waals surface area contributed by atoms with E-state index in [0.29, 0.717) is 23.7 Å². The Hall–Kier alpha value is -0.840. The van der Waals surface area contributed by atoms with E-state index in [2.05, 4.69) is 4.98 Å². The summed E-state index contributed by atoms with van der Waals surface area (Å²) < 4.78 is 5.59. The molecule has 0 aromatic carbocycles. The van der Waals surface area contributed by atoms with E-state index in [0.717, 1.165) is 0 Å². The normalized spacial score (nSPS) is 24.1. The first-order chi connectivity index (χ1) is 8.47. The molecule has 18 heavy (non-hydrogen) atoms. The van der Waals surface area contributed by atoms with Gasteiger partial charge in [-0.2, -0.15) is 0 Å². The topological polar surface area (TPSA) is 42.4 Å². The fraction of sp³-hybridized carbons (Fsp3) is 0.500. The van der Waals surface area contributed by atoms with E-state index in [1.807, 2.05) is 13.8 Å². The van der Waals surface area contributed by atoms with Crippen molar-refractivity contribution in [3.05, 3.63) is 28.0 Å². The number of morpholine rings is 1. The van der Waals surface area contributed by atoms with E-state index in [1.54, 1.807) is 4.90 Å². The number of carbonyl (C=O) groups excluding carboxylic acids is 1. The molecule has 1 aliphatic rings. The molecule has 0 saturated carbocycles. The Kier molecular flexibility index (Phi) is 4.10. The van der Waals surface area contributed by atoms with Crippen LogP contribution in [0, 0.1) is 0 Å². The molecule has 2 heterocycles. The number of hydrogen-bond acceptors (Lipinski definition) is 3. The van der Waals surface area contributed by atoms with E-state index >= 15 is 0 Å². The summed E-state index contributed by atoms with van der Waals surface area (Å²) in [6, 6.07) is 1.50. The van der Waals surface area contributed by atoms with E-state index in [9.17, 15) is 4.79 Å². The summed E-state index contributed by atoms with van der Waals surface area (Å²) in [5.41, 5.74) is 0.387. The van der Waals surface area contributed by atoms with E-state index in [1.165, 1.54) is 12.3 Å². The zero-order chi connectivity index (χ0) is 13.3. The molecule has 1 aliphatic heterocycles. The van der Waals surface area contributed by atoms with Crippen LogP contribution in [0.15, 0.2) is 12.3 Å². The first kappa shape index (κ1) is 13.6. The molecule has 1 saturated heterocycles. The fourth-order valence-corrected chi connectivity index (χ4v) is 2.43. The maximum absolute atomic E-state index is 12.4. The molecule has 98 valence electrons. The summed E-state index contributed by atoms with van der Waals surface area (Å²) in [5, 5.41) is 0.577. The van der Waals surface area contributed by atoms with Crippen LogP contribution in [0.2, 0.25) is 10.2 Å². The molecule has 4 nitrogen and oxygen atoms in total. The highest BCUT2D eigenvalue weighted by Gasteiger charge is 2.27. The molecule has 0 aliphatic carbocycles. The number of halogens is 2. The third-order valence-corrected chi connectivity index (χ3v) is 3.27. The second-order valence-corrected chi connectivity index (χ2v) is 5.25. The lowest BCUT2D eigenvalue weighted by molar-refractivity contribution is -0.0586. The van der Waals surface area contributed by atoms with Gasteiger partial charge in [0.15, 0.2) is 0 Å². The molecule has 6 heteroatoms. The Morgan fingerprint density at radius 2 is 2.00 bits per heavy atom. The van der Waals surface area contributed by atoms with Gasteiger partial charge in [0, 0.05) is 19.3 Å². The highest BCUT2D eigenvalue weighted by molar-refractivity contribution is 6.35. The van der Waals surface area contributed by atoms with Gasteiger partial charge in [-0.05, 0) is 19.9 Å². The van der Waals surface area contributed by atoms with Crippen molar-refractivity contribution in [1.29, 1.82) is 0 Å². The minimum atomic E-state index is -0.133. The van der Waals surface area contributed by atoms with Crippen molar-refractivity contribution in [1.82, 2.24) is 9.88 Å². The first-order valence-corrected chi connectivity index (χ1v) is 6.48. The monoisotopic (exact) mass is 288 g/mol. The second-order valence-electron chi connectivity index (χ2n) is 4.45. The Bertz CT molecular complexity index is 457. The molecule has 2 rings (SSSR count). The Morgan fingerprint density at radius 1 is 1.39 bits per heavy atom. The number of amides is 1. The standard InChI is InChI=1S/C12H14Cl2N2O2/c1-7-5-16(6-8(2)18-7)12(17)9-3-11(14)15-4-10(9)13/h3-4,7-8H,5-6H2,1-2H3. The Morgan fingerprint density at radius 3 is 2.61 bits per heavy atom. The number of rotatable bonds is 1. The van der Waals surface area contributed by atoms with Crippen LogP contribution < -0.4 is 0 Å².